The summed E-state index contributed by atoms with van der Waals surface area (Å²) < 4.78 is 0. The van der Waals surface area contributed by atoms with E-state index in [2.05, 4.69) is 32.6 Å². The van der Waals surface area contributed by atoms with Crippen molar-refractivity contribution in [2.45, 2.75) is 110 Å². The maximum Gasteiger partial charge on any atom is 0.0849 e. The zero-order valence-electron chi connectivity index (χ0n) is 19.7. The topological polar surface area (TPSA) is 60.7 Å². The molecule has 0 radical (unpaired) electrons. The first-order valence-electron chi connectivity index (χ1n) is 12.2. The Hall–Kier alpha value is -0.900. The third kappa shape index (κ3) is 5.11. The normalized spacial score (nSPS) is 37.4. The molecule has 3 nitrogen and oxygen atoms in total. The van der Waals surface area contributed by atoms with Crippen LogP contribution in [0, 0.1) is 23.2 Å². The number of hydrogen-bond donors (Lipinski definition) is 3. The molecule has 3 saturated carbocycles. The highest BCUT2D eigenvalue weighted by Gasteiger charge is 2.50. The molecule has 3 fully saturated rings. The van der Waals surface area contributed by atoms with E-state index in [4.69, 9.17) is 0 Å². The van der Waals surface area contributed by atoms with Gasteiger partial charge < -0.3 is 15.3 Å². The van der Waals surface area contributed by atoms with Gasteiger partial charge in [0.1, 0.15) is 0 Å². The molecular formula is C27H44O3. The second kappa shape index (κ2) is 9.30. The van der Waals surface area contributed by atoms with Gasteiger partial charge >= 0.3 is 0 Å². The fourth-order valence-electron chi connectivity index (χ4n) is 6.58. The average molecular weight is 417 g/mol. The Morgan fingerprint density at radius 3 is 2.60 bits per heavy atom. The average Bonchev–Trinajstić information content (AvgIpc) is 3.03. The summed E-state index contributed by atoms with van der Waals surface area (Å²) in [7, 11) is 0. The molecule has 6 atom stereocenters. The van der Waals surface area contributed by atoms with Crippen LogP contribution in [0.4, 0.5) is 0 Å². The van der Waals surface area contributed by atoms with Crippen molar-refractivity contribution in [3.05, 3.63) is 35.5 Å². The van der Waals surface area contributed by atoms with Crippen molar-refractivity contribution >= 4 is 0 Å². The van der Waals surface area contributed by atoms with Crippen molar-refractivity contribution in [1.29, 1.82) is 0 Å². The van der Waals surface area contributed by atoms with E-state index in [1.165, 1.54) is 43.3 Å². The van der Waals surface area contributed by atoms with Crippen LogP contribution >= 0.6 is 0 Å². The first-order valence-corrected chi connectivity index (χ1v) is 12.2. The minimum Gasteiger partial charge on any atom is -0.393 e. The molecule has 0 saturated heterocycles. The Kier molecular flexibility index (Phi) is 7.37. The van der Waals surface area contributed by atoms with Crippen molar-refractivity contribution in [2.24, 2.45) is 23.2 Å². The van der Waals surface area contributed by atoms with Crippen molar-refractivity contribution in [1.82, 2.24) is 0 Å². The summed E-state index contributed by atoms with van der Waals surface area (Å²) in [5.41, 5.74) is 3.34. The maximum absolute atomic E-state index is 10.3. The third-order valence-corrected chi connectivity index (χ3v) is 8.62. The molecule has 3 aliphatic carbocycles. The first kappa shape index (κ1) is 23.8. The maximum atomic E-state index is 10.3. The van der Waals surface area contributed by atoms with Gasteiger partial charge in [-0.25, -0.2) is 0 Å². The molecule has 170 valence electrons. The largest absolute Gasteiger partial charge is 0.393 e. The van der Waals surface area contributed by atoms with Gasteiger partial charge in [0.15, 0.2) is 0 Å². The van der Waals surface area contributed by atoms with Gasteiger partial charge in [0.05, 0.1) is 17.8 Å². The highest BCUT2D eigenvalue weighted by Crippen LogP contribution is 2.60. The van der Waals surface area contributed by atoms with E-state index in [1.54, 1.807) is 19.4 Å². The molecule has 30 heavy (non-hydrogen) atoms. The highest BCUT2D eigenvalue weighted by atomic mass is 16.3. The molecule has 3 heteroatoms. The molecule has 0 aliphatic heterocycles. The van der Waals surface area contributed by atoms with Crippen LogP contribution in [-0.4, -0.2) is 33.1 Å². The minimum absolute atomic E-state index is 0.215. The van der Waals surface area contributed by atoms with Gasteiger partial charge in [-0.1, -0.05) is 43.7 Å². The second-order valence-corrected chi connectivity index (χ2v) is 11.3. The molecule has 0 heterocycles. The molecule has 3 aliphatic rings. The summed E-state index contributed by atoms with van der Waals surface area (Å²) >= 11 is 0. The summed E-state index contributed by atoms with van der Waals surface area (Å²) in [6.45, 7) is 12.5. The molecule has 3 rings (SSSR count). The third-order valence-electron chi connectivity index (χ3n) is 8.62. The van der Waals surface area contributed by atoms with E-state index in [0.29, 0.717) is 29.6 Å². The number of aliphatic hydroxyl groups excluding tert-OH is 2. The Bertz CT molecular complexity index is 683. The summed E-state index contributed by atoms with van der Waals surface area (Å²) in [5, 5.41) is 30.3. The van der Waals surface area contributed by atoms with Gasteiger partial charge in [-0.15, -0.1) is 0 Å². The van der Waals surface area contributed by atoms with E-state index < -0.39 is 11.7 Å². The molecule has 0 amide bonds. The summed E-state index contributed by atoms with van der Waals surface area (Å²) in [5.74, 6) is 1.89. The van der Waals surface area contributed by atoms with E-state index in [-0.39, 0.29) is 6.10 Å². The minimum atomic E-state index is -1.02. The number of rotatable bonds is 6. The van der Waals surface area contributed by atoms with Crippen LogP contribution in [-0.2, 0) is 0 Å². The van der Waals surface area contributed by atoms with E-state index >= 15 is 0 Å². The van der Waals surface area contributed by atoms with E-state index in [9.17, 15) is 15.3 Å². The SMILES string of the molecule is C=C1CC[C@@H](O)C/C1=C/C=C1\CCC[C@]2(C)[C@@H]([C@H](C)CC[C@H](O)C(C)(C)O)CC[C@@H]12. The number of hydrogen-bond acceptors (Lipinski definition) is 3. The molecule has 0 spiro atoms. The van der Waals surface area contributed by atoms with Gasteiger partial charge in [0.2, 0.25) is 0 Å². The Labute approximate surface area is 184 Å². The van der Waals surface area contributed by atoms with Crippen LogP contribution in [0.25, 0.3) is 0 Å². The van der Waals surface area contributed by atoms with Crippen molar-refractivity contribution in [3.8, 4) is 0 Å². The van der Waals surface area contributed by atoms with Crippen molar-refractivity contribution in [2.75, 3.05) is 0 Å². The zero-order valence-corrected chi connectivity index (χ0v) is 19.7. The highest BCUT2D eigenvalue weighted by molar-refractivity contribution is 5.36. The fourth-order valence-corrected chi connectivity index (χ4v) is 6.58. The van der Waals surface area contributed by atoms with Crippen molar-refractivity contribution in [3.63, 3.8) is 0 Å². The lowest BCUT2D eigenvalue weighted by atomic mass is 9.60. The molecule has 3 N–H and O–H groups in total. The van der Waals surface area contributed by atoms with Crippen LogP contribution in [0.15, 0.2) is 35.5 Å². The summed E-state index contributed by atoms with van der Waals surface area (Å²) in [4.78, 5) is 0. The van der Waals surface area contributed by atoms with Gasteiger partial charge in [0, 0.05) is 0 Å². The van der Waals surface area contributed by atoms with Crippen LogP contribution in [0.1, 0.15) is 91.9 Å². The van der Waals surface area contributed by atoms with Crippen LogP contribution in [0.2, 0.25) is 0 Å². The van der Waals surface area contributed by atoms with Crippen LogP contribution in [0.5, 0.6) is 0 Å². The number of aliphatic hydroxyl groups is 3. The standard InChI is InChI=1S/C27H44O3/c1-18-8-12-22(28)17-21(18)11-10-20-7-6-16-27(5)23(13-14-24(20)27)19(2)9-15-25(29)26(3,4)30/h10-11,19,22-25,28-30H,1,6-9,12-17H2,2-5H3/b20-10+,21-11-/t19-,22-,23-,24+,25+,27-/m1/s1. The predicted molar refractivity (Wildman–Crippen MR) is 124 cm³/mol. The molecule has 0 bridgehead atoms. The summed E-state index contributed by atoms with van der Waals surface area (Å²) in [6, 6.07) is 0. The fraction of sp³-hybridized carbons (Fsp3) is 0.778. The molecule has 0 aromatic carbocycles. The quantitative estimate of drug-likeness (QED) is 0.520. The van der Waals surface area contributed by atoms with Gasteiger partial charge in [-0.05, 0) is 107 Å². The zero-order chi connectivity index (χ0) is 22.1. The first-order chi connectivity index (χ1) is 14.0. The van der Waals surface area contributed by atoms with Crippen molar-refractivity contribution < 1.29 is 15.3 Å². The summed E-state index contributed by atoms with van der Waals surface area (Å²) in [6.07, 6.45) is 14.1. The Morgan fingerprint density at radius 1 is 1.17 bits per heavy atom. The van der Waals surface area contributed by atoms with Gasteiger partial charge in [0.25, 0.3) is 0 Å². The Morgan fingerprint density at radius 2 is 1.90 bits per heavy atom. The van der Waals surface area contributed by atoms with Gasteiger partial charge in [-0.2, -0.15) is 0 Å². The number of fused-ring (bicyclic) bond motifs is 1. The molecule has 0 unspecified atom stereocenters. The molecular weight excluding hydrogens is 372 g/mol. The van der Waals surface area contributed by atoms with Crippen LogP contribution < -0.4 is 0 Å². The van der Waals surface area contributed by atoms with Gasteiger partial charge in [-0.3, -0.25) is 0 Å². The monoisotopic (exact) mass is 416 g/mol. The second-order valence-electron chi connectivity index (χ2n) is 11.3. The smallest absolute Gasteiger partial charge is 0.0849 e. The molecule has 0 aromatic heterocycles. The van der Waals surface area contributed by atoms with E-state index in [0.717, 1.165) is 25.7 Å². The lowest BCUT2D eigenvalue weighted by molar-refractivity contribution is -0.0554. The lowest BCUT2D eigenvalue weighted by Gasteiger charge is -2.44. The van der Waals surface area contributed by atoms with Crippen LogP contribution in [0.3, 0.4) is 0 Å². The lowest BCUT2D eigenvalue weighted by Crippen LogP contribution is -2.38. The van der Waals surface area contributed by atoms with E-state index in [1.807, 2.05) is 0 Å². The number of allylic oxidation sites excluding steroid dienone is 4. The molecule has 0 aromatic rings. The Balaban J connectivity index is 1.69. The predicted octanol–water partition coefficient (Wildman–Crippen LogP) is 5.70.